The van der Waals surface area contributed by atoms with Crippen LogP contribution in [0.4, 0.5) is 0 Å². The smallest absolute Gasteiger partial charge is 0.309 e. The summed E-state index contributed by atoms with van der Waals surface area (Å²) >= 11 is 3.39. The first kappa shape index (κ1) is 18.6. The quantitative estimate of drug-likeness (QED) is 0.712. The maximum atomic E-state index is 12.7. The minimum atomic E-state index is -0.170. The van der Waals surface area contributed by atoms with E-state index in [0.717, 1.165) is 0 Å². The van der Waals surface area contributed by atoms with Crippen LogP contribution in [-0.4, -0.2) is 50.7 Å². The van der Waals surface area contributed by atoms with Gasteiger partial charge in [-0.05, 0) is 47.8 Å². The molecule has 24 heavy (non-hydrogen) atoms. The number of carbonyl (C=O) groups excluding carboxylic acids is 2. The third kappa shape index (κ3) is 4.01. The first-order valence-corrected chi connectivity index (χ1v) is 8.68. The Morgan fingerprint density at radius 2 is 1.71 bits per heavy atom. The summed E-state index contributed by atoms with van der Waals surface area (Å²) in [6, 6.07) is 3.37. The Labute approximate surface area is 150 Å². The summed E-state index contributed by atoms with van der Waals surface area (Å²) in [7, 11) is 3.08. The van der Waals surface area contributed by atoms with Gasteiger partial charge in [-0.3, -0.25) is 9.59 Å². The number of amides is 1. The van der Waals surface area contributed by atoms with Gasteiger partial charge in [-0.15, -0.1) is 0 Å². The van der Waals surface area contributed by atoms with Gasteiger partial charge in [0.2, 0.25) is 0 Å². The molecule has 0 radical (unpaired) electrons. The molecule has 1 aliphatic heterocycles. The number of piperidine rings is 1. The Balaban J connectivity index is 2.09. The van der Waals surface area contributed by atoms with E-state index in [4.69, 9.17) is 14.2 Å². The van der Waals surface area contributed by atoms with Gasteiger partial charge in [-0.25, -0.2) is 0 Å². The van der Waals surface area contributed by atoms with E-state index in [-0.39, 0.29) is 17.8 Å². The van der Waals surface area contributed by atoms with Crippen molar-refractivity contribution >= 4 is 27.8 Å². The lowest BCUT2D eigenvalue weighted by molar-refractivity contribution is -0.149. The Hall–Kier alpha value is -1.76. The predicted octanol–water partition coefficient (Wildman–Crippen LogP) is 2.88. The molecule has 0 bridgehead atoms. The lowest BCUT2D eigenvalue weighted by atomic mass is 9.96. The average Bonchev–Trinajstić information content (AvgIpc) is 2.61. The third-order valence-electron chi connectivity index (χ3n) is 4.09. The fraction of sp³-hybridized carbons (Fsp3) is 0.529. The number of carbonyl (C=O) groups is 2. The third-order valence-corrected chi connectivity index (χ3v) is 4.88. The molecule has 0 spiro atoms. The van der Waals surface area contributed by atoms with E-state index >= 15 is 0 Å². The fourth-order valence-corrected chi connectivity index (χ4v) is 3.31. The minimum Gasteiger partial charge on any atom is -0.495 e. The van der Waals surface area contributed by atoms with Gasteiger partial charge in [-0.2, -0.15) is 0 Å². The maximum Gasteiger partial charge on any atom is 0.309 e. The lowest BCUT2D eigenvalue weighted by Gasteiger charge is -2.31. The predicted molar refractivity (Wildman–Crippen MR) is 92.5 cm³/mol. The van der Waals surface area contributed by atoms with Crippen molar-refractivity contribution < 1.29 is 23.8 Å². The molecule has 1 aliphatic rings. The van der Waals surface area contributed by atoms with Crippen molar-refractivity contribution in [3.8, 4) is 11.5 Å². The molecule has 0 aromatic heterocycles. The number of ether oxygens (including phenoxy) is 3. The Morgan fingerprint density at radius 1 is 1.17 bits per heavy atom. The van der Waals surface area contributed by atoms with Crippen molar-refractivity contribution in [1.82, 2.24) is 4.90 Å². The van der Waals surface area contributed by atoms with E-state index in [1.54, 1.807) is 38.2 Å². The van der Waals surface area contributed by atoms with Crippen LogP contribution in [-0.2, 0) is 9.53 Å². The van der Waals surface area contributed by atoms with Crippen LogP contribution in [0.25, 0.3) is 0 Å². The van der Waals surface area contributed by atoms with Crippen LogP contribution in [0, 0.1) is 5.92 Å². The number of hydrogen-bond donors (Lipinski definition) is 0. The highest BCUT2D eigenvalue weighted by atomic mass is 79.9. The van der Waals surface area contributed by atoms with Gasteiger partial charge in [0.25, 0.3) is 5.91 Å². The minimum absolute atomic E-state index is 0.0959. The molecule has 0 N–H and O–H groups in total. The molecule has 1 saturated heterocycles. The van der Waals surface area contributed by atoms with Crippen molar-refractivity contribution in [3.63, 3.8) is 0 Å². The molecule has 2 rings (SSSR count). The highest BCUT2D eigenvalue weighted by Gasteiger charge is 2.29. The number of hydrogen-bond acceptors (Lipinski definition) is 5. The number of benzene rings is 1. The summed E-state index contributed by atoms with van der Waals surface area (Å²) in [5.41, 5.74) is 0.501. The molecule has 132 valence electrons. The standard InChI is InChI=1S/C17H22BrNO5/c1-4-24-17(21)11-5-7-19(8-6-11)16(20)12-9-13(22-2)15(18)14(10-12)23-3/h9-11H,4-8H2,1-3H3. The second kappa shape index (κ2) is 8.37. The zero-order valence-corrected chi connectivity index (χ0v) is 15.7. The summed E-state index contributed by atoms with van der Waals surface area (Å²) in [6.45, 7) is 3.24. The SMILES string of the molecule is CCOC(=O)C1CCN(C(=O)c2cc(OC)c(Br)c(OC)c2)CC1. The van der Waals surface area contributed by atoms with Crippen LogP contribution >= 0.6 is 15.9 Å². The molecule has 1 fully saturated rings. The Morgan fingerprint density at radius 3 is 2.17 bits per heavy atom. The van der Waals surface area contributed by atoms with E-state index in [1.165, 1.54) is 0 Å². The molecular weight excluding hydrogens is 378 g/mol. The van der Waals surface area contributed by atoms with E-state index < -0.39 is 0 Å². The summed E-state index contributed by atoms with van der Waals surface area (Å²) in [4.78, 5) is 26.3. The van der Waals surface area contributed by atoms with Crippen molar-refractivity contribution in [2.75, 3.05) is 33.9 Å². The topological polar surface area (TPSA) is 65.1 Å². The van der Waals surface area contributed by atoms with Gasteiger partial charge >= 0.3 is 5.97 Å². The second-order valence-electron chi connectivity index (χ2n) is 5.51. The van der Waals surface area contributed by atoms with Crippen LogP contribution in [0.3, 0.4) is 0 Å². The van der Waals surface area contributed by atoms with Crippen LogP contribution in [0.5, 0.6) is 11.5 Å². The molecule has 1 aromatic rings. The molecule has 0 saturated carbocycles. The monoisotopic (exact) mass is 399 g/mol. The normalized spacial score (nSPS) is 15.1. The molecule has 0 aliphatic carbocycles. The summed E-state index contributed by atoms with van der Waals surface area (Å²) in [6.07, 6.45) is 1.24. The zero-order chi connectivity index (χ0) is 17.7. The molecule has 1 aromatic carbocycles. The van der Waals surface area contributed by atoms with Gasteiger partial charge in [0.05, 0.1) is 26.7 Å². The highest BCUT2D eigenvalue weighted by Crippen LogP contribution is 2.36. The summed E-state index contributed by atoms with van der Waals surface area (Å²) < 4.78 is 16.3. The molecule has 6 nitrogen and oxygen atoms in total. The molecule has 1 amide bonds. The van der Waals surface area contributed by atoms with E-state index in [2.05, 4.69) is 15.9 Å². The molecule has 0 unspecified atom stereocenters. The molecule has 0 atom stereocenters. The maximum absolute atomic E-state index is 12.7. The van der Waals surface area contributed by atoms with Gasteiger partial charge in [0.15, 0.2) is 0 Å². The largest absolute Gasteiger partial charge is 0.495 e. The lowest BCUT2D eigenvalue weighted by Crippen LogP contribution is -2.40. The molecule has 7 heteroatoms. The van der Waals surface area contributed by atoms with Gasteiger partial charge < -0.3 is 19.1 Å². The van der Waals surface area contributed by atoms with Crippen molar-refractivity contribution in [3.05, 3.63) is 22.2 Å². The van der Waals surface area contributed by atoms with Crippen LogP contribution in [0.15, 0.2) is 16.6 Å². The summed E-state index contributed by atoms with van der Waals surface area (Å²) in [5, 5.41) is 0. The fourth-order valence-electron chi connectivity index (χ4n) is 2.75. The first-order chi connectivity index (χ1) is 11.5. The number of likely N-dealkylation sites (tertiary alicyclic amines) is 1. The van der Waals surface area contributed by atoms with E-state index in [0.29, 0.717) is 54.1 Å². The van der Waals surface area contributed by atoms with Gasteiger partial charge in [0, 0.05) is 18.7 Å². The Bertz CT molecular complexity index is 586. The van der Waals surface area contributed by atoms with Gasteiger partial charge in [0.1, 0.15) is 16.0 Å². The number of rotatable bonds is 5. The summed E-state index contributed by atoms with van der Waals surface area (Å²) in [5.74, 6) is 0.694. The number of methoxy groups -OCH3 is 2. The number of nitrogens with zero attached hydrogens (tertiary/aromatic N) is 1. The molecule has 1 heterocycles. The second-order valence-corrected chi connectivity index (χ2v) is 6.31. The van der Waals surface area contributed by atoms with Gasteiger partial charge in [-0.1, -0.05) is 0 Å². The van der Waals surface area contributed by atoms with E-state index in [9.17, 15) is 9.59 Å². The highest BCUT2D eigenvalue weighted by molar-refractivity contribution is 9.10. The van der Waals surface area contributed by atoms with Crippen molar-refractivity contribution in [1.29, 1.82) is 0 Å². The number of halogens is 1. The van der Waals surface area contributed by atoms with Crippen molar-refractivity contribution in [2.45, 2.75) is 19.8 Å². The van der Waals surface area contributed by atoms with E-state index in [1.807, 2.05) is 0 Å². The van der Waals surface area contributed by atoms with Crippen LogP contribution < -0.4 is 9.47 Å². The Kier molecular flexibility index (Phi) is 6.48. The molecular formula is C17H22BrNO5. The van der Waals surface area contributed by atoms with Crippen LogP contribution in [0.1, 0.15) is 30.1 Å². The zero-order valence-electron chi connectivity index (χ0n) is 14.1. The van der Waals surface area contributed by atoms with Crippen molar-refractivity contribution in [2.24, 2.45) is 5.92 Å². The average molecular weight is 400 g/mol. The number of esters is 1. The first-order valence-electron chi connectivity index (χ1n) is 7.89. The van der Waals surface area contributed by atoms with Crippen LogP contribution in [0.2, 0.25) is 0 Å².